The fraction of sp³-hybridized carbons (Fsp3) is 0.421. The van der Waals surface area contributed by atoms with Crippen molar-refractivity contribution in [2.45, 2.75) is 12.8 Å². The van der Waals surface area contributed by atoms with E-state index >= 15 is 0 Å². The Morgan fingerprint density at radius 2 is 2.04 bits per heavy atom. The van der Waals surface area contributed by atoms with Crippen LogP contribution in [-0.4, -0.2) is 47.0 Å². The summed E-state index contributed by atoms with van der Waals surface area (Å²) >= 11 is 0. The second-order valence-electron chi connectivity index (χ2n) is 7.16. The third kappa shape index (κ3) is 4.34. The molecule has 27 heavy (non-hydrogen) atoms. The Kier molecular flexibility index (Phi) is 7.03. The number of nitrogens with zero attached hydrogens (tertiary/aromatic N) is 2. The minimum absolute atomic E-state index is 0. The molecule has 3 heterocycles. The first kappa shape index (κ1) is 21.4. The minimum atomic E-state index is -0.293. The second-order valence-corrected chi connectivity index (χ2v) is 7.16. The van der Waals surface area contributed by atoms with Gasteiger partial charge >= 0.3 is 0 Å². The van der Waals surface area contributed by atoms with Gasteiger partial charge in [-0.3, -0.25) is 9.59 Å². The first-order chi connectivity index (χ1) is 12.2. The quantitative estimate of drug-likeness (QED) is 0.806. The summed E-state index contributed by atoms with van der Waals surface area (Å²) in [4.78, 5) is 32.3. The maximum absolute atomic E-state index is 12.7. The van der Waals surface area contributed by atoms with Crippen molar-refractivity contribution in [2.75, 3.05) is 26.2 Å². The lowest BCUT2D eigenvalue weighted by Crippen LogP contribution is -2.36. The van der Waals surface area contributed by atoms with Crippen molar-refractivity contribution in [1.29, 1.82) is 0 Å². The number of benzene rings is 1. The Hall–Kier alpha value is -1.89. The molecule has 2 saturated heterocycles. The number of fused-ring (bicyclic) bond motifs is 1. The van der Waals surface area contributed by atoms with Crippen molar-refractivity contribution in [3.8, 4) is 0 Å². The first-order valence-electron chi connectivity index (χ1n) is 8.75. The zero-order chi connectivity index (χ0) is 17.3. The number of rotatable bonds is 4. The van der Waals surface area contributed by atoms with Crippen LogP contribution in [0.5, 0.6) is 0 Å². The molecule has 146 valence electrons. The van der Waals surface area contributed by atoms with Gasteiger partial charge in [0.1, 0.15) is 5.69 Å². The number of likely N-dealkylation sites (tertiary alicyclic amines) is 1. The summed E-state index contributed by atoms with van der Waals surface area (Å²) in [5, 5.41) is 3.51. The number of amides is 1. The molecule has 2 aromatic rings. The number of carbonyl (C=O) groups is 1. The number of halogens is 2. The molecule has 0 aliphatic carbocycles. The summed E-state index contributed by atoms with van der Waals surface area (Å²) in [6.07, 6.45) is 4.67. The van der Waals surface area contributed by atoms with Crippen LogP contribution in [0.2, 0.25) is 0 Å². The molecule has 4 rings (SSSR count). The van der Waals surface area contributed by atoms with Gasteiger partial charge in [0.05, 0.1) is 6.20 Å². The highest BCUT2D eigenvalue weighted by Gasteiger charge is 2.50. The van der Waals surface area contributed by atoms with Crippen molar-refractivity contribution >= 4 is 30.7 Å². The third-order valence-corrected chi connectivity index (χ3v) is 5.61. The summed E-state index contributed by atoms with van der Waals surface area (Å²) < 4.78 is 0. The van der Waals surface area contributed by atoms with Crippen molar-refractivity contribution in [3.05, 3.63) is 64.3 Å². The molecule has 0 radical (unpaired) electrons. The smallest absolute Gasteiger partial charge is 0.273 e. The van der Waals surface area contributed by atoms with Crippen LogP contribution in [-0.2, 0) is 6.42 Å². The number of hydrogen-bond donors (Lipinski definition) is 2. The van der Waals surface area contributed by atoms with E-state index < -0.39 is 0 Å². The lowest BCUT2D eigenvalue weighted by atomic mass is 9.76. The largest absolute Gasteiger partial charge is 0.336 e. The maximum atomic E-state index is 12.7. The standard InChI is InChI=1S/C19H22N4O2.2ClH/c24-17-10-21-16(9-22-17)18(25)23-11-15-8-20-12-19(15,13-23)7-6-14-4-2-1-3-5-14;;/h1-5,9-10,15,20H,6-8,11-13H2,(H,22,24);2*1H. The van der Waals surface area contributed by atoms with E-state index in [-0.39, 0.29) is 41.7 Å². The zero-order valence-corrected chi connectivity index (χ0v) is 16.5. The molecular formula is C19H24Cl2N4O2. The van der Waals surface area contributed by atoms with Gasteiger partial charge in [0.2, 0.25) is 0 Å². The van der Waals surface area contributed by atoms with Crippen molar-refractivity contribution < 1.29 is 4.79 Å². The Balaban J connectivity index is 0.00000131. The number of nitrogens with one attached hydrogen (secondary N) is 2. The molecule has 1 aromatic carbocycles. The topological polar surface area (TPSA) is 78.1 Å². The number of H-pyrrole nitrogens is 1. The van der Waals surface area contributed by atoms with Crippen LogP contribution in [0.4, 0.5) is 0 Å². The molecule has 2 aliphatic rings. The number of aryl methyl sites for hydroxylation is 1. The molecule has 1 amide bonds. The van der Waals surface area contributed by atoms with Crippen molar-refractivity contribution in [1.82, 2.24) is 20.2 Å². The van der Waals surface area contributed by atoms with Crippen molar-refractivity contribution in [3.63, 3.8) is 0 Å². The molecular weight excluding hydrogens is 387 g/mol. The van der Waals surface area contributed by atoms with E-state index in [1.165, 1.54) is 11.8 Å². The Labute approximate surface area is 170 Å². The number of aromatic nitrogens is 2. The average molecular weight is 411 g/mol. The van der Waals surface area contributed by atoms with Gasteiger partial charge in [-0.15, -0.1) is 24.8 Å². The van der Waals surface area contributed by atoms with Gasteiger partial charge in [0.15, 0.2) is 0 Å². The SMILES string of the molecule is Cl.Cl.O=C(c1c[nH]c(=O)cn1)N1CC2CNCC2(CCc2ccccc2)C1. The van der Waals surface area contributed by atoms with E-state index in [1.807, 2.05) is 11.0 Å². The minimum Gasteiger partial charge on any atom is -0.336 e. The van der Waals surface area contributed by atoms with Crippen LogP contribution < -0.4 is 10.9 Å². The summed E-state index contributed by atoms with van der Waals surface area (Å²) in [5.41, 5.74) is 1.49. The summed E-state index contributed by atoms with van der Waals surface area (Å²) in [7, 11) is 0. The van der Waals surface area contributed by atoms with Crippen LogP contribution in [0, 0.1) is 11.3 Å². The van der Waals surface area contributed by atoms with Gasteiger partial charge in [-0.2, -0.15) is 0 Å². The molecule has 2 unspecified atom stereocenters. The van der Waals surface area contributed by atoms with Gasteiger partial charge < -0.3 is 15.2 Å². The molecule has 0 saturated carbocycles. The Morgan fingerprint density at radius 1 is 1.26 bits per heavy atom. The van der Waals surface area contributed by atoms with Crippen molar-refractivity contribution in [2.24, 2.45) is 11.3 Å². The van der Waals surface area contributed by atoms with Gasteiger partial charge in [0, 0.05) is 37.8 Å². The molecule has 0 spiro atoms. The number of hydrogen-bond acceptors (Lipinski definition) is 4. The predicted molar refractivity (Wildman–Crippen MR) is 109 cm³/mol. The van der Waals surface area contributed by atoms with E-state index in [1.54, 1.807) is 0 Å². The lowest BCUT2D eigenvalue weighted by Gasteiger charge is -2.28. The van der Waals surface area contributed by atoms with Crippen LogP contribution in [0.25, 0.3) is 0 Å². The molecule has 2 aliphatic heterocycles. The van der Waals surface area contributed by atoms with E-state index in [2.05, 4.69) is 39.6 Å². The molecule has 6 nitrogen and oxygen atoms in total. The van der Waals surface area contributed by atoms with Gasteiger partial charge in [-0.25, -0.2) is 4.98 Å². The summed E-state index contributed by atoms with van der Waals surface area (Å²) in [5.74, 6) is 0.382. The highest BCUT2D eigenvalue weighted by atomic mass is 35.5. The maximum Gasteiger partial charge on any atom is 0.273 e. The molecule has 2 N–H and O–H groups in total. The van der Waals surface area contributed by atoms with Gasteiger partial charge in [-0.05, 0) is 24.3 Å². The van der Waals surface area contributed by atoms with Gasteiger partial charge in [0.25, 0.3) is 11.5 Å². The van der Waals surface area contributed by atoms with Crippen LogP contribution in [0.1, 0.15) is 22.5 Å². The molecule has 2 atom stereocenters. The fourth-order valence-corrected chi connectivity index (χ4v) is 4.20. The Bertz CT molecular complexity index is 809. The normalized spacial score (nSPS) is 23.3. The Morgan fingerprint density at radius 3 is 2.74 bits per heavy atom. The van der Waals surface area contributed by atoms with Crippen LogP contribution in [0.15, 0.2) is 47.5 Å². The van der Waals surface area contributed by atoms with E-state index in [4.69, 9.17) is 0 Å². The van der Waals surface area contributed by atoms with Crippen LogP contribution in [0.3, 0.4) is 0 Å². The summed E-state index contributed by atoms with van der Waals surface area (Å²) in [6.45, 7) is 3.41. The average Bonchev–Trinajstić information content (AvgIpc) is 3.18. The molecule has 8 heteroatoms. The first-order valence-corrected chi connectivity index (χ1v) is 8.75. The highest BCUT2D eigenvalue weighted by Crippen LogP contribution is 2.42. The molecule has 1 aromatic heterocycles. The fourth-order valence-electron chi connectivity index (χ4n) is 4.20. The predicted octanol–water partition coefficient (Wildman–Crippen LogP) is 1.91. The van der Waals surface area contributed by atoms with Crippen LogP contribution >= 0.6 is 24.8 Å². The second kappa shape index (κ2) is 8.87. The number of carbonyl (C=O) groups excluding carboxylic acids is 1. The molecule has 0 bridgehead atoms. The number of aromatic amines is 1. The third-order valence-electron chi connectivity index (χ3n) is 5.61. The van der Waals surface area contributed by atoms with E-state index in [0.717, 1.165) is 45.2 Å². The zero-order valence-electron chi connectivity index (χ0n) is 14.9. The van der Waals surface area contributed by atoms with E-state index in [0.29, 0.717) is 11.6 Å². The summed E-state index contributed by atoms with van der Waals surface area (Å²) in [6, 6.07) is 10.5. The molecule has 2 fully saturated rings. The van der Waals surface area contributed by atoms with Gasteiger partial charge in [-0.1, -0.05) is 30.3 Å². The highest BCUT2D eigenvalue weighted by molar-refractivity contribution is 5.92. The van der Waals surface area contributed by atoms with E-state index in [9.17, 15) is 9.59 Å². The monoisotopic (exact) mass is 410 g/mol. The lowest BCUT2D eigenvalue weighted by molar-refractivity contribution is 0.0762.